The molecular formula is C12H12FNO2. The predicted octanol–water partition coefficient (Wildman–Crippen LogP) is 2.30. The average Bonchev–Trinajstić information content (AvgIpc) is 2.22. The van der Waals surface area contributed by atoms with E-state index in [1.165, 1.54) is 19.1 Å². The van der Waals surface area contributed by atoms with Crippen molar-refractivity contribution in [2.75, 3.05) is 5.32 Å². The molecule has 1 amide bonds. The Morgan fingerprint density at radius 2 is 2.12 bits per heavy atom. The summed E-state index contributed by atoms with van der Waals surface area (Å²) in [5, 5.41) is 2.56. The second-order valence-corrected chi connectivity index (χ2v) is 3.91. The molecule has 0 aliphatic heterocycles. The van der Waals surface area contributed by atoms with E-state index in [-0.39, 0.29) is 17.5 Å². The molecule has 4 heteroatoms. The van der Waals surface area contributed by atoms with Crippen LogP contribution in [0.25, 0.3) is 0 Å². The number of rotatable bonds is 1. The van der Waals surface area contributed by atoms with Gasteiger partial charge in [-0.2, -0.15) is 0 Å². The van der Waals surface area contributed by atoms with Gasteiger partial charge < -0.3 is 5.32 Å². The third kappa shape index (κ3) is 1.83. The maximum atomic E-state index is 13.5. The number of hydrogen-bond donors (Lipinski definition) is 1. The van der Waals surface area contributed by atoms with E-state index in [0.717, 1.165) is 0 Å². The molecule has 16 heavy (non-hydrogen) atoms. The minimum absolute atomic E-state index is 0.0931. The third-order valence-electron chi connectivity index (χ3n) is 2.68. The lowest BCUT2D eigenvalue weighted by Crippen LogP contribution is -2.17. The first-order valence-electron chi connectivity index (χ1n) is 5.22. The molecule has 0 radical (unpaired) electrons. The lowest BCUT2D eigenvalue weighted by molar-refractivity contribution is -0.114. The predicted molar refractivity (Wildman–Crippen MR) is 58.0 cm³/mol. The molecule has 0 atom stereocenters. The van der Waals surface area contributed by atoms with E-state index in [2.05, 4.69) is 5.32 Å². The Hall–Kier alpha value is -1.71. The first-order chi connectivity index (χ1) is 7.59. The molecule has 2 rings (SSSR count). The molecule has 0 saturated heterocycles. The normalized spacial score (nSPS) is 14.5. The number of hydrogen-bond acceptors (Lipinski definition) is 2. The third-order valence-corrected chi connectivity index (χ3v) is 2.68. The van der Waals surface area contributed by atoms with E-state index in [0.29, 0.717) is 36.1 Å². The molecule has 0 saturated carbocycles. The molecule has 1 aliphatic carbocycles. The van der Waals surface area contributed by atoms with Crippen LogP contribution in [-0.4, -0.2) is 11.7 Å². The summed E-state index contributed by atoms with van der Waals surface area (Å²) in [6.07, 6.45) is 1.65. The summed E-state index contributed by atoms with van der Waals surface area (Å²) in [7, 11) is 0. The van der Waals surface area contributed by atoms with E-state index < -0.39 is 0 Å². The Balaban J connectivity index is 2.55. The fraction of sp³-hybridized carbons (Fsp3) is 0.333. The van der Waals surface area contributed by atoms with E-state index in [4.69, 9.17) is 0 Å². The van der Waals surface area contributed by atoms with Crippen LogP contribution in [0.4, 0.5) is 10.1 Å². The van der Waals surface area contributed by atoms with Gasteiger partial charge in [0.1, 0.15) is 5.82 Å². The molecule has 0 fully saturated rings. The standard InChI is InChI=1S/C12H12FNO2/c1-7(15)14-10-6-5-9(13)8-3-2-4-11(16)12(8)10/h5-6H,2-4H2,1H3,(H,14,15). The lowest BCUT2D eigenvalue weighted by atomic mass is 9.89. The molecule has 1 N–H and O–H groups in total. The summed E-state index contributed by atoms with van der Waals surface area (Å²) in [5.74, 6) is -0.714. The van der Waals surface area contributed by atoms with Crippen molar-refractivity contribution in [1.29, 1.82) is 0 Å². The van der Waals surface area contributed by atoms with Crippen molar-refractivity contribution in [3.63, 3.8) is 0 Å². The van der Waals surface area contributed by atoms with Crippen molar-refractivity contribution in [2.24, 2.45) is 0 Å². The first-order valence-corrected chi connectivity index (χ1v) is 5.22. The van der Waals surface area contributed by atoms with Crippen LogP contribution in [0.5, 0.6) is 0 Å². The molecule has 0 bridgehead atoms. The Bertz CT molecular complexity index is 468. The van der Waals surface area contributed by atoms with Crippen LogP contribution >= 0.6 is 0 Å². The number of ketones is 1. The number of anilines is 1. The van der Waals surface area contributed by atoms with Crippen molar-refractivity contribution < 1.29 is 14.0 Å². The maximum absolute atomic E-state index is 13.5. The highest BCUT2D eigenvalue weighted by Crippen LogP contribution is 2.29. The van der Waals surface area contributed by atoms with Gasteiger partial charge in [-0.1, -0.05) is 0 Å². The summed E-state index contributed by atoms with van der Waals surface area (Å²) in [5.41, 5.74) is 1.21. The molecular weight excluding hydrogens is 209 g/mol. The number of fused-ring (bicyclic) bond motifs is 1. The van der Waals surface area contributed by atoms with Gasteiger partial charge in [-0.05, 0) is 25.0 Å². The van der Waals surface area contributed by atoms with E-state index in [9.17, 15) is 14.0 Å². The van der Waals surface area contributed by atoms with Crippen LogP contribution in [0.3, 0.4) is 0 Å². The molecule has 0 heterocycles. The van der Waals surface area contributed by atoms with Crippen LogP contribution in [0.15, 0.2) is 12.1 Å². The Labute approximate surface area is 92.7 Å². The molecule has 1 aromatic rings. The quantitative estimate of drug-likeness (QED) is 0.790. The Morgan fingerprint density at radius 3 is 2.81 bits per heavy atom. The zero-order chi connectivity index (χ0) is 11.7. The zero-order valence-corrected chi connectivity index (χ0v) is 8.97. The van der Waals surface area contributed by atoms with Crippen LogP contribution in [0.2, 0.25) is 0 Å². The van der Waals surface area contributed by atoms with Crippen molar-refractivity contribution in [3.8, 4) is 0 Å². The number of carbonyl (C=O) groups is 2. The largest absolute Gasteiger partial charge is 0.326 e. The van der Waals surface area contributed by atoms with E-state index in [1.807, 2.05) is 0 Å². The topological polar surface area (TPSA) is 46.2 Å². The maximum Gasteiger partial charge on any atom is 0.221 e. The fourth-order valence-electron chi connectivity index (χ4n) is 2.03. The number of Topliss-reactive ketones (excluding diaryl/α,β-unsaturated/α-hetero) is 1. The smallest absolute Gasteiger partial charge is 0.221 e. The van der Waals surface area contributed by atoms with Crippen LogP contribution in [0, 0.1) is 5.82 Å². The summed E-state index contributed by atoms with van der Waals surface area (Å²) < 4.78 is 13.5. The lowest BCUT2D eigenvalue weighted by Gasteiger charge is -2.18. The van der Waals surface area contributed by atoms with E-state index >= 15 is 0 Å². The summed E-state index contributed by atoms with van der Waals surface area (Å²) in [6, 6.07) is 2.74. The first kappa shape index (κ1) is 10.8. The van der Waals surface area contributed by atoms with Crippen LogP contribution in [0.1, 0.15) is 35.7 Å². The summed E-state index contributed by atoms with van der Waals surface area (Å²) in [6.45, 7) is 1.36. The number of benzene rings is 1. The summed E-state index contributed by atoms with van der Waals surface area (Å²) >= 11 is 0. The zero-order valence-electron chi connectivity index (χ0n) is 8.97. The Kier molecular flexibility index (Phi) is 2.73. The van der Waals surface area contributed by atoms with Crippen LogP contribution < -0.4 is 5.32 Å². The number of nitrogens with one attached hydrogen (secondary N) is 1. The van der Waals surface area contributed by atoms with Crippen molar-refractivity contribution in [3.05, 3.63) is 29.1 Å². The fourth-order valence-corrected chi connectivity index (χ4v) is 2.03. The number of amides is 1. The second kappa shape index (κ2) is 4.04. The highest BCUT2D eigenvalue weighted by atomic mass is 19.1. The van der Waals surface area contributed by atoms with Gasteiger partial charge in [-0.15, -0.1) is 0 Å². The highest BCUT2D eigenvalue weighted by Gasteiger charge is 2.23. The molecule has 1 aliphatic rings. The molecule has 1 aromatic carbocycles. The molecule has 0 spiro atoms. The molecule has 84 valence electrons. The van der Waals surface area contributed by atoms with Gasteiger partial charge in [0.25, 0.3) is 0 Å². The van der Waals surface area contributed by atoms with Crippen molar-refractivity contribution >= 4 is 17.4 Å². The van der Waals surface area contributed by atoms with Gasteiger partial charge in [0, 0.05) is 24.5 Å². The number of carbonyl (C=O) groups excluding carboxylic acids is 2. The number of halogens is 1. The SMILES string of the molecule is CC(=O)Nc1ccc(F)c2c1C(=O)CCC2. The molecule has 0 aromatic heterocycles. The minimum atomic E-state index is -0.364. The van der Waals surface area contributed by atoms with Crippen molar-refractivity contribution in [1.82, 2.24) is 0 Å². The molecule has 0 unspecified atom stereocenters. The van der Waals surface area contributed by atoms with E-state index in [1.54, 1.807) is 0 Å². The molecule has 3 nitrogen and oxygen atoms in total. The van der Waals surface area contributed by atoms with Gasteiger partial charge in [-0.25, -0.2) is 4.39 Å². The van der Waals surface area contributed by atoms with Gasteiger partial charge in [0.05, 0.1) is 5.69 Å². The van der Waals surface area contributed by atoms with Gasteiger partial charge >= 0.3 is 0 Å². The van der Waals surface area contributed by atoms with Gasteiger partial charge in [-0.3, -0.25) is 9.59 Å². The summed E-state index contributed by atoms with van der Waals surface area (Å²) in [4.78, 5) is 22.7. The van der Waals surface area contributed by atoms with Crippen LogP contribution in [-0.2, 0) is 11.2 Å². The highest BCUT2D eigenvalue weighted by molar-refractivity contribution is 6.06. The Morgan fingerprint density at radius 1 is 1.38 bits per heavy atom. The van der Waals surface area contributed by atoms with Gasteiger partial charge in [0.15, 0.2) is 5.78 Å². The minimum Gasteiger partial charge on any atom is -0.326 e. The average molecular weight is 221 g/mol. The second-order valence-electron chi connectivity index (χ2n) is 3.91. The van der Waals surface area contributed by atoms with Crippen molar-refractivity contribution in [2.45, 2.75) is 26.2 Å². The monoisotopic (exact) mass is 221 g/mol. The van der Waals surface area contributed by atoms with Gasteiger partial charge in [0.2, 0.25) is 5.91 Å².